The molecule has 0 aliphatic carbocycles. The van der Waals surface area contributed by atoms with E-state index in [0.29, 0.717) is 11.5 Å². The van der Waals surface area contributed by atoms with Gasteiger partial charge >= 0.3 is 0 Å². The van der Waals surface area contributed by atoms with Crippen LogP contribution in [0.25, 0.3) is 0 Å². The first-order chi connectivity index (χ1) is 8.69. The number of ether oxygens (including phenoxy) is 1. The van der Waals surface area contributed by atoms with Gasteiger partial charge in [-0.1, -0.05) is 13.8 Å². The van der Waals surface area contributed by atoms with E-state index in [0.717, 1.165) is 13.2 Å². The molecule has 0 spiro atoms. The third kappa shape index (κ3) is 4.52. The highest BCUT2D eigenvalue weighted by Gasteiger charge is 2.30. The summed E-state index contributed by atoms with van der Waals surface area (Å²) in [6.07, 6.45) is 5.44. The van der Waals surface area contributed by atoms with Crippen molar-refractivity contribution < 1.29 is 4.74 Å². The predicted molar refractivity (Wildman–Crippen MR) is 78.0 cm³/mol. The standard InChI is InChI=1S/C15H32N2O/c1-5-15(6-2,12-16-4)13-17-10-8-14(9-11-17)18-7-3/h14,16H,5-13H2,1-4H3. The van der Waals surface area contributed by atoms with Gasteiger partial charge in [-0.3, -0.25) is 0 Å². The van der Waals surface area contributed by atoms with Gasteiger partial charge in [-0.15, -0.1) is 0 Å². The fraction of sp³-hybridized carbons (Fsp3) is 1.00. The third-order valence-corrected chi connectivity index (χ3v) is 4.55. The molecule has 0 unspecified atom stereocenters. The highest BCUT2D eigenvalue weighted by atomic mass is 16.5. The van der Waals surface area contributed by atoms with Gasteiger partial charge in [0.1, 0.15) is 0 Å². The van der Waals surface area contributed by atoms with Crippen molar-refractivity contribution in [3.63, 3.8) is 0 Å². The van der Waals surface area contributed by atoms with Crippen molar-refractivity contribution in [2.24, 2.45) is 5.41 Å². The van der Waals surface area contributed by atoms with Crippen LogP contribution in [0.5, 0.6) is 0 Å². The number of nitrogens with zero attached hydrogens (tertiary/aromatic N) is 1. The van der Waals surface area contributed by atoms with Crippen molar-refractivity contribution in [1.29, 1.82) is 0 Å². The van der Waals surface area contributed by atoms with Gasteiger partial charge in [0.2, 0.25) is 0 Å². The molecule has 1 fully saturated rings. The molecule has 0 radical (unpaired) electrons. The Morgan fingerprint density at radius 2 is 1.78 bits per heavy atom. The van der Waals surface area contributed by atoms with Crippen molar-refractivity contribution in [3.05, 3.63) is 0 Å². The summed E-state index contributed by atoms with van der Waals surface area (Å²) in [5.74, 6) is 0. The smallest absolute Gasteiger partial charge is 0.0599 e. The number of nitrogens with one attached hydrogen (secondary N) is 1. The van der Waals surface area contributed by atoms with E-state index in [1.165, 1.54) is 45.3 Å². The Morgan fingerprint density at radius 3 is 2.22 bits per heavy atom. The average Bonchev–Trinajstić information content (AvgIpc) is 2.41. The van der Waals surface area contributed by atoms with Crippen LogP contribution in [0.3, 0.4) is 0 Å². The van der Waals surface area contributed by atoms with E-state index in [1.54, 1.807) is 0 Å². The monoisotopic (exact) mass is 256 g/mol. The second kappa shape index (κ2) is 8.13. The van der Waals surface area contributed by atoms with Crippen LogP contribution in [0, 0.1) is 5.41 Å². The largest absolute Gasteiger partial charge is 0.378 e. The number of hydrogen-bond donors (Lipinski definition) is 1. The van der Waals surface area contributed by atoms with Crippen LogP contribution in [-0.4, -0.2) is 50.8 Å². The van der Waals surface area contributed by atoms with E-state index < -0.39 is 0 Å². The molecular formula is C15H32N2O. The maximum Gasteiger partial charge on any atom is 0.0599 e. The Bertz CT molecular complexity index is 209. The van der Waals surface area contributed by atoms with Crippen molar-refractivity contribution in [2.75, 3.05) is 39.8 Å². The van der Waals surface area contributed by atoms with Gasteiger partial charge < -0.3 is 15.0 Å². The van der Waals surface area contributed by atoms with Gasteiger partial charge in [0, 0.05) is 32.8 Å². The summed E-state index contributed by atoms with van der Waals surface area (Å²) in [4.78, 5) is 2.64. The van der Waals surface area contributed by atoms with Gasteiger partial charge in [-0.2, -0.15) is 0 Å². The molecule has 1 N–H and O–H groups in total. The molecule has 0 aromatic heterocycles. The van der Waals surface area contributed by atoms with Crippen molar-refractivity contribution >= 4 is 0 Å². The summed E-state index contributed by atoms with van der Waals surface area (Å²) in [7, 11) is 2.07. The molecule has 0 atom stereocenters. The third-order valence-electron chi connectivity index (χ3n) is 4.55. The van der Waals surface area contributed by atoms with E-state index in [-0.39, 0.29) is 0 Å². The molecule has 0 amide bonds. The summed E-state index contributed by atoms with van der Waals surface area (Å²) in [5, 5.41) is 3.38. The van der Waals surface area contributed by atoms with Gasteiger partial charge in [-0.25, -0.2) is 0 Å². The van der Waals surface area contributed by atoms with Crippen LogP contribution in [0.15, 0.2) is 0 Å². The first kappa shape index (κ1) is 15.9. The highest BCUT2D eigenvalue weighted by Crippen LogP contribution is 2.28. The fourth-order valence-corrected chi connectivity index (χ4v) is 3.10. The molecular weight excluding hydrogens is 224 g/mol. The molecule has 1 saturated heterocycles. The Balaban J connectivity index is 2.42. The maximum atomic E-state index is 5.72. The van der Waals surface area contributed by atoms with Gasteiger partial charge in [0.05, 0.1) is 6.10 Å². The Morgan fingerprint density at radius 1 is 1.17 bits per heavy atom. The Labute approximate surface area is 113 Å². The van der Waals surface area contributed by atoms with E-state index in [9.17, 15) is 0 Å². The minimum atomic E-state index is 0.452. The lowest BCUT2D eigenvalue weighted by Crippen LogP contribution is -2.46. The van der Waals surface area contributed by atoms with Gasteiger partial charge in [-0.05, 0) is 45.1 Å². The second-order valence-corrected chi connectivity index (χ2v) is 5.67. The highest BCUT2D eigenvalue weighted by molar-refractivity contribution is 4.84. The summed E-state index contributed by atoms with van der Waals surface area (Å²) in [6, 6.07) is 0. The Kier molecular flexibility index (Phi) is 7.20. The second-order valence-electron chi connectivity index (χ2n) is 5.67. The SMILES string of the molecule is CCOC1CCN(CC(CC)(CC)CNC)CC1. The van der Waals surface area contributed by atoms with Crippen molar-refractivity contribution in [2.45, 2.75) is 52.6 Å². The minimum absolute atomic E-state index is 0.452. The zero-order chi connectivity index (χ0) is 13.4. The number of piperidine rings is 1. The summed E-state index contributed by atoms with van der Waals surface area (Å²) < 4.78 is 5.72. The van der Waals surface area contributed by atoms with E-state index in [1.807, 2.05) is 0 Å². The molecule has 1 aliphatic heterocycles. The number of hydrogen-bond acceptors (Lipinski definition) is 3. The maximum absolute atomic E-state index is 5.72. The lowest BCUT2D eigenvalue weighted by molar-refractivity contribution is 0.00295. The zero-order valence-electron chi connectivity index (χ0n) is 12.8. The van der Waals surface area contributed by atoms with Crippen LogP contribution < -0.4 is 5.32 Å². The van der Waals surface area contributed by atoms with Gasteiger partial charge in [0.15, 0.2) is 0 Å². The molecule has 18 heavy (non-hydrogen) atoms. The lowest BCUT2D eigenvalue weighted by Gasteiger charge is -2.40. The first-order valence-electron chi connectivity index (χ1n) is 7.68. The van der Waals surface area contributed by atoms with Gasteiger partial charge in [0.25, 0.3) is 0 Å². The molecule has 3 nitrogen and oxygen atoms in total. The average molecular weight is 256 g/mol. The summed E-state index contributed by atoms with van der Waals surface area (Å²) in [6.45, 7) is 12.4. The van der Waals surface area contributed by atoms with E-state index >= 15 is 0 Å². The molecule has 108 valence electrons. The van der Waals surface area contributed by atoms with Crippen LogP contribution in [0.2, 0.25) is 0 Å². The zero-order valence-corrected chi connectivity index (χ0v) is 12.8. The summed E-state index contributed by atoms with van der Waals surface area (Å²) in [5.41, 5.74) is 0.452. The fourth-order valence-electron chi connectivity index (χ4n) is 3.10. The first-order valence-corrected chi connectivity index (χ1v) is 7.68. The van der Waals surface area contributed by atoms with Crippen LogP contribution in [0.4, 0.5) is 0 Å². The lowest BCUT2D eigenvalue weighted by atomic mass is 9.81. The van der Waals surface area contributed by atoms with Crippen LogP contribution >= 0.6 is 0 Å². The Hall–Kier alpha value is -0.120. The van der Waals surface area contributed by atoms with Crippen LogP contribution in [-0.2, 0) is 4.74 Å². The van der Waals surface area contributed by atoms with Crippen molar-refractivity contribution in [1.82, 2.24) is 10.2 Å². The normalized spacial score (nSPS) is 19.3. The van der Waals surface area contributed by atoms with Crippen LogP contribution in [0.1, 0.15) is 46.5 Å². The summed E-state index contributed by atoms with van der Waals surface area (Å²) >= 11 is 0. The molecule has 1 aliphatic rings. The molecule has 0 saturated carbocycles. The molecule has 0 aromatic carbocycles. The molecule has 3 heteroatoms. The number of likely N-dealkylation sites (tertiary alicyclic amines) is 1. The molecule has 0 aromatic rings. The van der Waals surface area contributed by atoms with E-state index in [2.05, 4.69) is 38.0 Å². The quantitative estimate of drug-likeness (QED) is 0.722. The van der Waals surface area contributed by atoms with Crippen molar-refractivity contribution in [3.8, 4) is 0 Å². The predicted octanol–water partition coefficient (Wildman–Crippen LogP) is 2.51. The molecule has 0 bridgehead atoms. The molecule has 1 rings (SSSR count). The topological polar surface area (TPSA) is 24.5 Å². The number of rotatable bonds is 8. The molecule has 1 heterocycles. The minimum Gasteiger partial charge on any atom is -0.378 e. The van der Waals surface area contributed by atoms with E-state index in [4.69, 9.17) is 4.74 Å².